The summed E-state index contributed by atoms with van der Waals surface area (Å²) in [6.07, 6.45) is 5.38. The number of benzene rings is 3. The van der Waals surface area contributed by atoms with Gasteiger partial charge in [-0.3, -0.25) is 4.79 Å². The molecule has 1 amide bonds. The molecular formula is C31H38N2O. The number of carbonyl (C=O) groups excluding carboxylic acids is 1. The predicted octanol–water partition coefficient (Wildman–Crippen LogP) is 6.62. The highest BCUT2D eigenvalue weighted by atomic mass is 16.2. The molecule has 3 aromatic rings. The quantitative estimate of drug-likeness (QED) is 0.307. The number of nitrogens with zero attached hydrogens (tertiary/aromatic N) is 2. The van der Waals surface area contributed by atoms with Crippen LogP contribution in [-0.4, -0.2) is 30.4 Å². The Hall–Kier alpha value is -2.91. The molecule has 0 bridgehead atoms. The van der Waals surface area contributed by atoms with Gasteiger partial charge in [0, 0.05) is 12.2 Å². The number of carbonyl (C=O) groups is 1. The minimum atomic E-state index is -0.575. The maximum atomic E-state index is 14.5. The Morgan fingerprint density at radius 2 is 1.29 bits per heavy atom. The molecule has 0 saturated carbocycles. The molecule has 3 nitrogen and oxygen atoms in total. The van der Waals surface area contributed by atoms with Crippen LogP contribution in [0, 0.1) is 0 Å². The number of para-hydroxylation sites is 1. The first-order valence-corrected chi connectivity index (χ1v) is 12.9. The first kappa shape index (κ1) is 24.2. The van der Waals surface area contributed by atoms with Gasteiger partial charge in [-0.1, -0.05) is 106 Å². The van der Waals surface area contributed by atoms with Crippen molar-refractivity contribution >= 4 is 11.6 Å². The van der Waals surface area contributed by atoms with Crippen molar-refractivity contribution in [1.82, 2.24) is 4.90 Å². The van der Waals surface area contributed by atoms with Gasteiger partial charge in [0.1, 0.15) is 0 Å². The van der Waals surface area contributed by atoms with Crippen LogP contribution in [0.15, 0.2) is 84.9 Å². The van der Waals surface area contributed by atoms with E-state index in [0.29, 0.717) is 6.54 Å². The second-order valence-electron chi connectivity index (χ2n) is 9.62. The lowest BCUT2D eigenvalue weighted by molar-refractivity contribution is -0.124. The molecule has 0 saturated heterocycles. The van der Waals surface area contributed by atoms with E-state index in [1.807, 2.05) is 11.0 Å². The van der Waals surface area contributed by atoms with Crippen LogP contribution < -0.4 is 4.90 Å². The molecule has 178 valence electrons. The summed E-state index contributed by atoms with van der Waals surface area (Å²) in [6, 6.07) is 29.4. The van der Waals surface area contributed by atoms with Crippen LogP contribution in [0.3, 0.4) is 0 Å². The third kappa shape index (κ3) is 5.26. The zero-order chi connectivity index (χ0) is 23.8. The molecule has 0 fully saturated rings. The summed E-state index contributed by atoms with van der Waals surface area (Å²) >= 11 is 0. The molecule has 1 aliphatic rings. The van der Waals surface area contributed by atoms with Gasteiger partial charge >= 0.3 is 0 Å². The van der Waals surface area contributed by atoms with Crippen molar-refractivity contribution in [2.45, 2.75) is 57.9 Å². The Kier molecular flexibility index (Phi) is 8.18. The summed E-state index contributed by atoms with van der Waals surface area (Å²) < 4.78 is 0. The number of anilines is 1. The van der Waals surface area contributed by atoms with Crippen LogP contribution in [0.1, 0.15) is 56.2 Å². The van der Waals surface area contributed by atoms with Crippen molar-refractivity contribution in [3.63, 3.8) is 0 Å². The molecule has 1 heterocycles. The number of rotatable bonds is 12. The smallest absolute Gasteiger partial charge is 0.239 e. The van der Waals surface area contributed by atoms with Gasteiger partial charge in [-0.25, -0.2) is 0 Å². The topological polar surface area (TPSA) is 23.6 Å². The van der Waals surface area contributed by atoms with E-state index >= 15 is 0 Å². The van der Waals surface area contributed by atoms with Crippen LogP contribution in [0.25, 0.3) is 0 Å². The second-order valence-corrected chi connectivity index (χ2v) is 9.62. The van der Waals surface area contributed by atoms with Gasteiger partial charge in [0.05, 0.1) is 12.0 Å². The van der Waals surface area contributed by atoms with Gasteiger partial charge in [-0.05, 0) is 55.1 Å². The summed E-state index contributed by atoms with van der Waals surface area (Å²) in [5.74, 6) is 0.236. The molecule has 1 aliphatic heterocycles. The Balaban J connectivity index is 1.76. The second kappa shape index (κ2) is 11.5. The average Bonchev–Trinajstić information content (AvgIpc) is 3.09. The van der Waals surface area contributed by atoms with Gasteiger partial charge in [0.2, 0.25) is 5.91 Å². The molecule has 34 heavy (non-hydrogen) atoms. The molecule has 3 aromatic carbocycles. The Labute approximate surface area is 205 Å². The van der Waals surface area contributed by atoms with Crippen molar-refractivity contribution in [2.24, 2.45) is 0 Å². The molecular weight excluding hydrogens is 416 g/mol. The highest BCUT2D eigenvalue weighted by Crippen LogP contribution is 2.45. The Bertz CT molecular complexity index is 1040. The van der Waals surface area contributed by atoms with Gasteiger partial charge < -0.3 is 9.80 Å². The van der Waals surface area contributed by atoms with E-state index in [9.17, 15) is 4.79 Å². The monoisotopic (exact) mass is 454 g/mol. The van der Waals surface area contributed by atoms with E-state index in [-0.39, 0.29) is 5.91 Å². The van der Waals surface area contributed by atoms with Crippen LogP contribution in [0.5, 0.6) is 0 Å². The summed E-state index contributed by atoms with van der Waals surface area (Å²) in [7, 11) is 0. The lowest BCUT2D eigenvalue weighted by atomic mass is 9.75. The Morgan fingerprint density at radius 1 is 0.735 bits per heavy atom. The SMILES string of the molecule is CCCCN(CCCC)CC1(Cc2ccccc2)C(=O)N(Cc2ccccc2)c2ccccc21. The van der Waals surface area contributed by atoms with Crippen LogP contribution >= 0.6 is 0 Å². The highest BCUT2D eigenvalue weighted by Gasteiger charge is 2.51. The maximum absolute atomic E-state index is 14.5. The molecule has 1 atom stereocenters. The minimum Gasteiger partial charge on any atom is -0.307 e. The normalized spacial score (nSPS) is 17.4. The van der Waals surface area contributed by atoms with Gasteiger partial charge in [0.25, 0.3) is 0 Å². The number of unbranched alkanes of at least 4 members (excludes halogenated alkanes) is 2. The van der Waals surface area contributed by atoms with Crippen molar-refractivity contribution < 1.29 is 4.79 Å². The van der Waals surface area contributed by atoms with E-state index in [1.165, 1.54) is 24.0 Å². The van der Waals surface area contributed by atoms with E-state index in [2.05, 4.69) is 97.6 Å². The molecule has 0 spiro atoms. The third-order valence-electron chi connectivity index (χ3n) is 7.05. The first-order valence-electron chi connectivity index (χ1n) is 12.9. The molecule has 0 radical (unpaired) electrons. The molecule has 3 heteroatoms. The lowest BCUT2D eigenvalue weighted by Crippen LogP contribution is -2.50. The molecule has 0 N–H and O–H groups in total. The van der Waals surface area contributed by atoms with E-state index in [4.69, 9.17) is 0 Å². The largest absolute Gasteiger partial charge is 0.307 e. The van der Waals surface area contributed by atoms with Crippen molar-refractivity contribution in [3.05, 3.63) is 102 Å². The maximum Gasteiger partial charge on any atom is 0.239 e. The van der Waals surface area contributed by atoms with Crippen LogP contribution in [0.2, 0.25) is 0 Å². The number of amides is 1. The zero-order valence-electron chi connectivity index (χ0n) is 20.7. The summed E-state index contributed by atoms with van der Waals surface area (Å²) in [5.41, 5.74) is 4.05. The van der Waals surface area contributed by atoms with E-state index in [1.54, 1.807) is 0 Å². The fourth-order valence-electron chi connectivity index (χ4n) is 5.26. The fraction of sp³-hybridized carbons (Fsp3) is 0.387. The van der Waals surface area contributed by atoms with Gasteiger partial charge in [-0.15, -0.1) is 0 Å². The van der Waals surface area contributed by atoms with Crippen molar-refractivity contribution in [2.75, 3.05) is 24.5 Å². The summed E-state index contributed by atoms with van der Waals surface area (Å²) in [5, 5.41) is 0. The summed E-state index contributed by atoms with van der Waals surface area (Å²) in [6.45, 7) is 7.95. The fourth-order valence-corrected chi connectivity index (χ4v) is 5.26. The molecule has 0 aliphatic carbocycles. The summed E-state index contributed by atoms with van der Waals surface area (Å²) in [4.78, 5) is 19.1. The van der Waals surface area contributed by atoms with E-state index < -0.39 is 5.41 Å². The molecule has 4 rings (SSSR count). The third-order valence-corrected chi connectivity index (χ3v) is 7.05. The molecule has 0 aromatic heterocycles. The van der Waals surface area contributed by atoms with Gasteiger partial charge in [-0.2, -0.15) is 0 Å². The highest BCUT2D eigenvalue weighted by molar-refractivity contribution is 6.08. The molecule has 1 unspecified atom stereocenters. The minimum absolute atomic E-state index is 0.236. The van der Waals surface area contributed by atoms with Crippen LogP contribution in [0.4, 0.5) is 5.69 Å². The predicted molar refractivity (Wildman–Crippen MR) is 142 cm³/mol. The van der Waals surface area contributed by atoms with Crippen LogP contribution in [-0.2, 0) is 23.2 Å². The number of hydrogen-bond donors (Lipinski definition) is 0. The lowest BCUT2D eigenvalue weighted by Gasteiger charge is -2.35. The average molecular weight is 455 g/mol. The van der Waals surface area contributed by atoms with Gasteiger partial charge in [0.15, 0.2) is 0 Å². The van der Waals surface area contributed by atoms with E-state index in [0.717, 1.165) is 50.1 Å². The van der Waals surface area contributed by atoms with Crippen molar-refractivity contribution in [3.8, 4) is 0 Å². The number of fused-ring (bicyclic) bond motifs is 1. The Morgan fingerprint density at radius 3 is 1.91 bits per heavy atom. The standard InChI is InChI=1S/C31H38N2O/c1-3-5-21-32(22-6-4-2)25-31(23-26-15-9-7-10-16-26)28-19-13-14-20-29(28)33(30(31)34)24-27-17-11-8-12-18-27/h7-20H,3-6,21-25H2,1-2H3. The zero-order valence-corrected chi connectivity index (χ0v) is 20.7. The van der Waals surface area contributed by atoms with Crippen molar-refractivity contribution in [1.29, 1.82) is 0 Å². The first-order chi connectivity index (χ1) is 16.7. The number of hydrogen-bond acceptors (Lipinski definition) is 2.